The van der Waals surface area contributed by atoms with Gasteiger partial charge in [0.15, 0.2) is 10.8 Å². The van der Waals surface area contributed by atoms with Crippen LogP contribution in [0.3, 0.4) is 0 Å². The van der Waals surface area contributed by atoms with E-state index in [1.807, 2.05) is 71.1 Å². The van der Waals surface area contributed by atoms with Gasteiger partial charge in [-0.3, -0.25) is 49.0 Å². The molecule has 0 radical (unpaired) electrons. The SMILES string of the molecule is Cc1c(-c2ccc(N3CCc4cccc(C(=O)Nc5nc6ccccc6s5)c4C3)nc2C(=O)O)cnn1CC12C[C@H]3C[C@H](C1)CC(C(=O)NCCCCCCNc1cccc4c1C(=O)N([C@@H]1CCC(=O)NC1=O)C4=O)(C3)C2. The number of amides is 6. The topological polar surface area (TPSA) is 238 Å². The van der Waals surface area contributed by atoms with E-state index in [1.54, 1.807) is 24.4 Å². The van der Waals surface area contributed by atoms with Crippen molar-refractivity contribution in [2.75, 3.05) is 35.2 Å². The molecule has 3 aliphatic heterocycles. The van der Waals surface area contributed by atoms with E-state index in [9.17, 15) is 38.7 Å². The molecule has 77 heavy (non-hydrogen) atoms. The maximum Gasteiger partial charge on any atom is 0.355 e. The van der Waals surface area contributed by atoms with Gasteiger partial charge in [0.1, 0.15) is 11.9 Å². The number of unbranched alkanes of at least 4 members (excludes halogenated alkanes) is 3. The van der Waals surface area contributed by atoms with Crippen LogP contribution in [0.4, 0.5) is 16.6 Å². The molecule has 5 fully saturated rings. The number of para-hydroxylation sites is 1. The van der Waals surface area contributed by atoms with Crippen molar-refractivity contribution in [2.24, 2.45) is 22.7 Å². The second-order valence-corrected chi connectivity index (χ2v) is 23.3. The second kappa shape index (κ2) is 20.0. The van der Waals surface area contributed by atoms with Crippen LogP contribution in [0.2, 0.25) is 0 Å². The summed E-state index contributed by atoms with van der Waals surface area (Å²) < 4.78 is 3.00. The smallest absolute Gasteiger partial charge is 0.355 e. The highest BCUT2D eigenvalue weighted by atomic mass is 32.1. The zero-order valence-electron chi connectivity index (χ0n) is 42.9. The first kappa shape index (κ1) is 50.0. The van der Waals surface area contributed by atoms with Crippen molar-refractivity contribution >= 4 is 79.6 Å². The molecule has 0 spiro atoms. The Bertz CT molecular complexity index is 3390. The number of pyridine rings is 1. The number of carbonyl (C=O) groups excluding carboxylic acids is 6. The predicted octanol–water partition coefficient (Wildman–Crippen LogP) is 8.15. The average molecular weight is 1060 g/mol. The predicted molar refractivity (Wildman–Crippen MR) is 289 cm³/mol. The summed E-state index contributed by atoms with van der Waals surface area (Å²) in [6, 6.07) is 21.2. The van der Waals surface area contributed by atoms with Crippen LogP contribution in [0, 0.1) is 29.6 Å². The lowest BCUT2D eigenvalue weighted by Gasteiger charge is -2.61. The van der Waals surface area contributed by atoms with E-state index in [-0.39, 0.29) is 46.9 Å². The van der Waals surface area contributed by atoms with Crippen molar-refractivity contribution in [2.45, 2.75) is 110 Å². The van der Waals surface area contributed by atoms with Gasteiger partial charge in [-0.05, 0) is 142 Å². The zero-order valence-corrected chi connectivity index (χ0v) is 43.7. The molecule has 19 heteroatoms. The van der Waals surface area contributed by atoms with Crippen molar-refractivity contribution in [1.82, 2.24) is 35.3 Å². The maximum absolute atomic E-state index is 14.3. The van der Waals surface area contributed by atoms with E-state index in [4.69, 9.17) is 10.1 Å². The number of carboxylic acid groups (broad SMARTS) is 1. The average Bonchev–Trinajstić information content (AvgIpc) is 4.14. The number of hydrogen-bond donors (Lipinski definition) is 5. The van der Waals surface area contributed by atoms with Crippen molar-refractivity contribution in [3.8, 4) is 11.1 Å². The van der Waals surface area contributed by atoms with Crippen molar-refractivity contribution in [1.29, 1.82) is 0 Å². The summed E-state index contributed by atoms with van der Waals surface area (Å²) >= 11 is 1.42. The van der Waals surface area contributed by atoms with Crippen LogP contribution in [0.15, 0.2) is 79.0 Å². The molecule has 4 bridgehead atoms. The summed E-state index contributed by atoms with van der Waals surface area (Å²) in [5.41, 5.74) is 5.81. The Hall–Kier alpha value is -7.80. The first-order chi connectivity index (χ1) is 37.2. The van der Waals surface area contributed by atoms with Crippen molar-refractivity contribution in [3.63, 3.8) is 0 Å². The Kier molecular flexibility index (Phi) is 13.0. The van der Waals surface area contributed by atoms with Crippen LogP contribution < -0.4 is 26.2 Å². The summed E-state index contributed by atoms with van der Waals surface area (Å²) in [6.45, 7) is 4.79. The number of aromatic nitrogens is 4. The van der Waals surface area contributed by atoms with Gasteiger partial charge in [-0.15, -0.1) is 0 Å². The van der Waals surface area contributed by atoms with Gasteiger partial charge in [0.25, 0.3) is 17.7 Å². The molecule has 5 N–H and O–H groups in total. The number of imide groups is 2. The molecule has 0 unspecified atom stereocenters. The number of nitrogens with one attached hydrogen (secondary N) is 4. The Balaban J connectivity index is 0.652. The summed E-state index contributed by atoms with van der Waals surface area (Å²) in [5, 5.41) is 27.9. The number of benzene rings is 3. The third-order valence-electron chi connectivity index (χ3n) is 17.2. The van der Waals surface area contributed by atoms with E-state index < -0.39 is 41.1 Å². The number of aromatic carboxylic acids is 1. The first-order valence-corrected chi connectivity index (χ1v) is 27.7. The standard InChI is InChI=1S/C58H60N10O8S/c1-33-40(37-16-18-46(63-49(37)54(74)75)66-23-20-36-10-8-11-38(41(36)30-66)50(70)65-56-62-42-13-4-5-15-45(42)77-56)29-61-67(33)32-57-25-34-24-35(26-57)28-58(27-34,31-57)55(76)60-22-7-3-2-6-21-59-43-14-9-12-39-48(43)53(73)68(52(39)72)44-17-19-47(69)64-51(44)71/h4-5,8-16,18,29,34-35,44,59H,2-3,6-7,17,19-28,30-32H2,1H3,(H,60,76)(H,74,75)(H,62,65,70)(H,64,69,71)/t34-,35-,44-,57?,58?/m1/s1. The normalized spacial score (nSPS) is 23.3. The number of rotatable bonds is 17. The Morgan fingerprint density at radius 3 is 2.42 bits per heavy atom. The molecule has 6 amide bonds. The summed E-state index contributed by atoms with van der Waals surface area (Å²) in [7, 11) is 0. The highest BCUT2D eigenvalue weighted by Gasteiger charge is 2.60. The third kappa shape index (κ3) is 9.31. The van der Waals surface area contributed by atoms with Gasteiger partial charge in [-0.1, -0.05) is 54.5 Å². The minimum atomic E-state index is -1.14. The van der Waals surface area contributed by atoms with Gasteiger partial charge in [-0.2, -0.15) is 5.10 Å². The summed E-state index contributed by atoms with van der Waals surface area (Å²) in [4.78, 5) is 104. The molecule has 3 aromatic heterocycles. The van der Waals surface area contributed by atoms with Crippen molar-refractivity contribution in [3.05, 3.63) is 118 Å². The molecular formula is C58H60N10O8S. The molecule has 4 aliphatic carbocycles. The van der Waals surface area contributed by atoms with Gasteiger partial charge in [0, 0.05) is 67.2 Å². The monoisotopic (exact) mass is 1060 g/mol. The lowest BCUT2D eigenvalue weighted by atomic mass is 9.44. The largest absolute Gasteiger partial charge is 0.476 e. The maximum atomic E-state index is 14.3. The molecule has 1 saturated heterocycles. The van der Waals surface area contributed by atoms with Gasteiger partial charge in [0.2, 0.25) is 17.7 Å². The van der Waals surface area contributed by atoms with Crippen LogP contribution in [-0.4, -0.2) is 96.8 Å². The van der Waals surface area contributed by atoms with E-state index in [1.165, 1.54) is 11.3 Å². The molecule has 7 aliphatic rings. The molecule has 396 valence electrons. The Morgan fingerprint density at radius 2 is 1.62 bits per heavy atom. The highest BCUT2D eigenvalue weighted by Crippen LogP contribution is 2.66. The van der Waals surface area contributed by atoms with Crippen LogP contribution in [0.25, 0.3) is 21.3 Å². The molecule has 13 rings (SSSR count). The van der Waals surface area contributed by atoms with Crippen molar-refractivity contribution < 1.29 is 38.7 Å². The van der Waals surface area contributed by atoms with Crippen LogP contribution >= 0.6 is 11.3 Å². The number of piperidine rings is 1. The van der Waals surface area contributed by atoms with Gasteiger partial charge in [-0.25, -0.2) is 14.8 Å². The number of fused-ring (bicyclic) bond motifs is 3. The van der Waals surface area contributed by atoms with Gasteiger partial charge >= 0.3 is 5.97 Å². The second-order valence-electron chi connectivity index (χ2n) is 22.2. The fourth-order valence-electron chi connectivity index (χ4n) is 14.1. The lowest BCUT2D eigenvalue weighted by molar-refractivity contribution is -0.159. The molecule has 4 saturated carbocycles. The van der Waals surface area contributed by atoms with E-state index in [2.05, 4.69) is 26.3 Å². The van der Waals surface area contributed by atoms with Crippen LogP contribution in [-0.2, 0) is 33.9 Å². The van der Waals surface area contributed by atoms with Gasteiger partial charge in [0.05, 0.1) is 33.0 Å². The van der Waals surface area contributed by atoms with E-state index >= 15 is 0 Å². The fourth-order valence-corrected chi connectivity index (χ4v) is 14.9. The fraction of sp³-hybridized carbons (Fsp3) is 0.414. The number of thiazole rings is 1. The number of carboxylic acids is 1. The minimum Gasteiger partial charge on any atom is -0.476 e. The zero-order chi connectivity index (χ0) is 53.2. The molecule has 3 aromatic carbocycles. The van der Waals surface area contributed by atoms with E-state index in [0.29, 0.717) is 84.3 Å². The highest BCUT2D eigenvalue weighted by molar-refractivity contribution is 7.22. The molecule has 18 nitrogen and oxygen atoms in total. The minimum absolute atomic E-state index is 0.0610. The molecular weight excluding hydrogens is 997 g/mol. The third-order valence-corrected chi connectivity index (χ3v) is 18.1. The quantitative estimate of drug-likeness (QED) is 0.0429. The molecule has 6 heterocycles. The van der Waals surface area contributed by atoms with Crippen LogP contribution in [0.5, 0.6) is 0 Å². The number of carbonyl (C=O) groups is 7. The summed E-state index contributed by atoms with van der Waals surface area (Å²) in [5.74, 6) is -1.92. The van der Waals surface area contributed by atoms with Gasteiger partial charge < -0.3 is 20.6 Å². The Labute approximate surface area is 448 Å². The van der Waals surface area contributed by atoms with Crippen LogP contribution in [0.1, 0.15) is 135 Å². The number of hydrogen-bond acceptors (Lipinski definition) is 13. The summed E-state index contributed by atoms with van der Waals surface area (Å²) in [6.07, 6.45) is 11.8. The van der Waals surface area contributed by atoms with E-state index in [0.717, 1.165) is 96.1 Å². The molecule has 6 aromatic rings. The number of nitrogens with zero attached hydrogens (tertiary/aromatic N) is 6. The Morgan fingerprint density at radius 1 is 0.831 bits per heavy atom. The number of anilines is 3. The first-order valence-electron chi connectivity index (χ1n) is 26.9. The lowest BCUT2D eigenvalue weighted by Crippen LogP contribution is -2.58. The molecule has 3 atom stereocenters.